The number of carbonyl (C=O) groups is 1. The molecule has 4 aromatic heterocycles. The number of carbonyl (C=O) groups excluding carboxylic acids is 1. The molecule has 0 atom stereocenters. The van der Waals surface area contributed by atoms with Crippen LogP contribution in [0.2, 0.25) is 0 Å². The monoisotopic (exact) mass is 563 g/mol. The molecule has 0 saturated heterocycles. The van der Waals surface area contributed by atoms with Crippen LogP contribution < -0.4 is 0 Å². The normalized spacial score (nSPS) is 13.6. The maximum absolute atomic E-state index is 14.0. The minimum atomic E-state index is -0.579. The Kier molecular flexibility index (Phi) is 6.15. The zero-order valence-electron chi connectivity index (χ0n) is 21.8. The summed E-state index contributed by atoms with van der Waals surface area (Å²) in [5.74, 6) is -0.691. The highest BCUT2D eigenvalue weighted by atomic mass is 32.1. The zero-order chi connectivity index (χ0) is 27.5. The van der Waals surface area contributed by atoms with Gasteiger partial charge in [0.1, 0.15) is 27.9 Å². The number of nitrogens with zero attached hydrogens (tertiary/aromatic N) is 4. The van der Waals surface area contributed by atoms with Crippen LogP contribution in [-0.2, 0) is 17.7 Å². The lowest BCUT2D eigenvalue weighted by atomic mass is 9.98. The molecule has 8 nitrogen and oxygen atoms in total. The van der Waals surface area contributed by atoms with E-state index in [-0.39, 0.29) is 11.8 Å². The molecule has 0 fully saturated rings. The number of hydrogen-bond donors (Lipinski definition) is 2. The van der Waals surface area contributed by atoms with E-state index >= 15 is 0 Å². The summed E-state index contributed by atoms with van der Waals surface area (Å²) in [6.45, 7) is 8.39. The summed E-state index contributed by atoms with van der Waals surface area (Å²) in [5.41, 5.74) is 4.59. The highest BCUT2D eigenvalue weighted by molar-refractivity contribution is 7.18. The van der Waals surface area contributed by atoms with Gasteiger partial charge in [-0.05, 0) is 51.3 Å². The fraction of sp³-hybridized carbons (Fsp3) is 0.286. The van der Waals surface area contributed by atoms with Crippen molar-refractivity contribution in [1.29, 1.82) is 0 Å². The third-order valence-corrected chi connectivity index (χ3v) is 8.53. The van der Waals surface area contributed by atoms with E-state index in [1.165, 1.54) is 28.7 Å². The van der Waals surface area contributed by atoms with E-state index in [9.17, 15) is 14.3 Å². The van der Waals surface area contributed by atoms with E-state index in [1.807, 2.05) is 39.1 Å². The number of aromatic hydroxyl groups is 1. The molecule has 0 bridgehead atoms. The fourth-order valence-corrected chi connectivity index (χ4v) is 6.80. The van der Waals surface area contributed by atoms with Crippen LogP contribution in [0.3, 0.4) is 0 Å². The highest BCUT2D eigenvalue weighted by Gasteiger charge is 2.30. The summed E-state index contributed by atoms with van der Waals surface area (Å²) >= 11 is 2.99. The summed E-state index contributed by atoms with van der Waals surface area (Å²) in [4.78, 5) is 25.5. The number of aromatic amines is 1. The lowest BCUT2D eigenvalue weighted by Crippen LogP contribution is -2.39. The van der Waals surface area contributed by atoms with Crippen molar-refractivity contribution in [2.75, 3.05) is 6.54 Å². The van der Waals surface area contributed by atoms with Gasteiger partial charge in [-0.15, -0.1) is 22.7 Å². The van der Waals surface area contributed by atoms with Gasteiger partial charge in [-0.2, -0.15) is 5.10 Å². The first-order valence-corrected chi connectivity index (χ1v) is 14.2. The molecule has 2 N–H and O–H groups in total. The van der Waals surface area contributed by atoms with Gasteiger partial charge in [0, 0.05) is 56.4 Å². The van der Waals surface area contributed by atoms with E-state index in [1.54, 1.807) is 17.2 Å². The molecular weight excluding hydrogens is 537 g/mol. The summed E-state index contributed by atoms with van der Waals surface area (Å²) in [6.07, 6.45) is 1.99. The van der Waals surface area contributed by atoms with Gasteiger partial charge in [-0.3, -0.25) is 5.10 Å². The Morgan fingerprint density at radius 1 is 1.18 bits per heavy atom. The number of pyridine rings is 1. The van der Waals surface area contributed by atoms with E-state index in [0.717, 1.165) is 43.7 Å². The molecular formula is C28H26FN5O3S2. The van der Waals surface area contributed by atoms with Gasteiger partial charge >= 0.3 is 6.09 Å². The van der Waals surface area contributed by atoms with Crippen molar-refractivity contribution in [1.82, 2.24) is 25.1 Å². The van der Waals surface area contributed by atoms with Gasteiger partial charge in [0.2, 0.25) is 0 Å². The third kappa shape index (κ3) is 4.65. The van der Waals surface area contributed by atoms with Crippen molar-refractivity contribution in [3.05, 3.63) is 57.9 Å². The van der Waals surface area contributed by atoms with E-state index in [2.05, 4.69) is 10.2 Å². The Labute approximate surface area is 232 Å². The van der Waals surface area contributed by atoms with Crippen LogP contribution in [-0.4, -0.2) is 48.4 Å². The number of amides is 1. The molecule has 1 aromatic carbocycles. The average Bonchev–Trinajstić information content (AvgIpc) is 3.61. The number of aromatic nitrogens is 4. The number of ether oxygens (including phenoxy) is 1. The van der Waals surface area contributed by atoms with Crippen molar-refractivity contribution < 1.29 is 19.0 Å². The Bertz CT molecular complexity index is 1730. The van der Waals surface area contributed by atoms with Gasteiger partial charge in [0.15, 0.2) is 0 Å². The van der Waals surface area contributed by atoms with E-state index in [0.29, 0.717) is 41.3 Å². The Morgan fingerprint density at radius 3 is 2.72 bits per heavy atom. The summed E-state index contributed by atoms with van der Waals surface area (Å²) in [6, 6.07) is 6.01. The largest absolute Gasteiger partial charge is 0.507 e. The number of H-pyrrole nitrogens is 1. The number of phenolic OH excluding ortho intramolecular Hbond substituents is 1. The number of halogens is 1. The molecule has 200 valence electrons. The quantitative estimate of drug-likeness (QED) is 0.247. The molecule has 0 unspecified atom stereocenters. The van der Waals surface area contributed by atoms with Crippen molar-refractivity contribution in [2.24, 2.45) is 0 Å². The molecule has 5 aromatic rings. The molecule has 0 radical (unpaired) electrons. The predicted octanol–water partition coefficient (Wildman–Crippen LogP) is 6.92. The van der Waals surface area contributed by atoms with E-state index in [4.69, 9.17) is 14.7 Å². The molecule has 1 aliphatic heterocycles. The molecule has 6 rings (SSSR count). The molecule has 39 heavy (non-hydrogen) atoms. The number of rotatable bonds is 3. The average molecular weight is 564 g/mol. The maximum atomic E-state index is 14.0. The smallest absolute Gasteiger partial charge is 0.410 e. The van der Waals surface area contributed by atoms with Crippen LogP contribution in [0.15, 0.2) is 35.8 Å². The van der Waals surface area contributed by atoms with Crippen LogP contribution in [0, 0.1) is 12.7 Å². The molecule has 5 heterocycles. The molecule has 0 aliphatic carbocycles. The minimum absolute atomic E-state index is 0.169. The van der Waals surface area contributed by atoms with Gasteiger partial charge in [0.25, 0.3) is 0 Å². The van der Waals surface area contributed by atoms with Crippen molar-refractivity contribution in [3.8, 4) is 38.8 Å². The first-order valence-electron chi connectivity index (χ1n) is 12.5. The Hall–Kier alpha value is -3.83. The zero-order valence-corrected chi connectivity index (χ0v) is 23.5. The van der Waals surface area contributed by atoms with E-state index < -0.39 is 11.4 Å². The van der Waals surface area contributed by atoms with Crippen molar-refractivity contribution in [3.63, 3.8) is 0 Å². The number of phenols is 1. The van der Waals surface area contributed by atoms with Crippen LogP contribution in [0.25, 0.3) is 43.2 Å². The number of thiazole rings is 1. The fourth-order valence-electron chi connectivity index (χ4n) is 4.72. The number of thiophene rings is 1. The molecule has 1 aliphatic rings. The topological polar surface area (TPSA) is 104 Å². The number of nitrogens with one attached hydrogen (secondary N) is 1. The van der Waals surface area contributed by atoms with Gasteiger partial charge < -0.3 is 14.7 Å². The Morgan fingerprint density at radius 2 is 2.00 bits per heavy atom. The van der Waals surface area contributed by atoms with Crippen LogP contribution in [0.1, 0.15) is 37.0 Å². The number of benzene rings is 1. The van der Waals surface area contributed by atoms with Crippen LogP contribution in [0.4, 0.5) is 9.18 Å². The number of aryl methyl sites for hydroxylation is 1. The summed E-state index contributed by atoms with van der Waals surface area (Å²) in [7, 11) is 0. The highest BCUT2D eigenvalue weighted by Crippen LogP contribution is 2.47. The van der Waals surface area contributed by atoms with Crippen LogP contribution >= 0.6 is 22.7 Å². The second kappa shape index (κ2) is 9.42. The third-order valence-electron chi connectivity index (χ3n) is 6.51. The SMILES string of the molecule is Cc1[nH]ncc1-c1nc(-c2nc3c(s2)CN(C(=O)OC(C)(C)C)CC3)c(-c2ccc(F)cc2O)c2sccc12. The first kappa shape index (κ1) is 25.4. The maximum Gasteiger partial charge on any atom is 0.410 e. The van der Waals surface area contributed by atoms with Crippen molar-refractivity contribution in [2.45, 2.75) is 46.3 Å². The number of hydrogen-bond acceptors (Lipinski definition) is 8. The van der Waals surface area contributed by atoms with Crippen LogP contribution in [0.5, 0.6) is 5.75 Å². The molecule has 0 spiro atoms. The standard InChI is InChI=1S/C28H26FN5O3S2/c1-14-18(12-30-33-14)23-17-8-10-38-25(17)22(16-6-5-15(29)11-20(16)35)24(32-23)26-31-19-7-9-34(13-21(19)39-26)27(36)37-28(2,3)4/h5-6,8,10-12,35H,7,9,13H2,1-4H3,(H,30,33). The predicted molar refractivity (Wildman–Crippen MR) is 150 cm³/mol. The van der Waals surface area contributed by atoms with Gasteiger partial charge in [-0.25, -0.2) is 19.2 Å². The number of fused-ring (bicyclic) bond motifs is 2. The van der Waals surface area contributed by atoms with Gasteiger partial charge in [-0.1, -0.05) is 0 Å². The lowest BCUT2D eigenvalue weighted by molar-refractivity contribution is 0.0225. The van der Waals surface area contributed by atoms with Crippen molar-refractivity contribution >= 4 is 38.9 Å². The molecule has 0 saturated carbocycles. The summed E-state index contributed by atoms with van der Waals surface area (Å²) in [5, 5.41) is 21.5. The molecule has 1 amide bonds. The second-order valence-corrected chi connectivity index (χ2v) is 12.5. The second-order valence-electron chi connectivity index (χ2n) is 10.5. The molecule has 11 heteroatoms. The first-order chi connectivity index (χ1) is 18.6. The minimum Gasteiger partial charge on any atom is -0.507 e. The lowest BCUT2D eigenvalue weighted by Gasteiger charge is -2.29. The Balaban J connectivity index is 1.52. The summed E-state index contributed by atoms with van der Waals surface area (Å²) < 4.78 is 20.4. The van der Waals surface area contributed by atoms with Gasteiger partial charge in [0.05, 0.1) is 24.1 Å².